The molecule has 0 fully saturated rings. The quantitative estimate of drug-likeness (QED) is 0.466. The summed E-state index contributed by atoms with van der Waals surface area (Å²) < 4.78 is 10.5. The Balaban J connectivity index is 2.00. The highest BCUT2D eigenvalue weighted by Gasteiger charge is 2.18. The third kappa shape index (κ3) is 4.25. The van der Waals surface area contributed by atoms with Gasteiger partial charge in [0, 0.05) is 12.2 Å². The van der Waals surface area contributed by atoms with Crippen LogP contribution in [0.5, 0.6) is 5.75 Å². The van der Waals surface area contributed by atoms with E-state index in [0.29, 0.717) is 5.75 Å². The Morgan fingerprint density at radius 1 is 1.14 bits per heavy atom. The van der Waals surface area contributed by atoms with Crippen LogP contribution in [0.3, 0.4) is 0 Å². The number of aryl methyl sites for hydroxylation is 1. The van der Waals surface area contributed by atoms with Crippen molar-refractivity contribution in [2.75, 3.05) is 11.4 Å². The molecule has 0 N–H and O–H groups in total. The van der Waals surface area contributed by atoms with E-state index >= 15 is 0 Å². The van der Waals surface area contributed by atoms with Crippen molar-refractivity contribution >= 4 is 11.8 Å². The molecular weight excluding hydrogens is 278 g/mol. The molecule has 0 aliphatic rings. The van der Waals surface area contributed by atoms with E-state index in [1.807, 2.05) is 49.9 Å². The van der Waals surface area contributed by atoms with E-state index in [-0.39, 0.29) is 0 Å². The molecule has 22 heavy (non-hydrogen) atoms. The van der Waals surface area contributed by atoms with Crippen LogP contribution in [0.25, 0.3) is 0 Å². The number of hydrogen-bond donors (Lipinski definition) is 0. The summed E-state index contributed by atoms with van der Waals surface area (Å²) in [5, 5.41) is 0. The molecule has 0 spiro atoms. The van der Waals surface area contributed by atoms with Crippen LogP contribution in [0, 0.1) is 6.92 Å². The van der Waals surface area contributed by atoms with Gasteiger partial charge < -0.3 is 14.4 Å². The highest BCUT2D eigenvalue weighted by Crippen LogP contribution is 2.19. The largest absolute Gasteiger partial charge is 0.515 e. The third-order valence-corrected chi connectivity index (χ3v) is 3.32. The predicted molar refractivity (Wildman–Crippen MR) is 87.2 cm³/mol. The van der Waals surface area contributed by atoms with Gasteiger partial charge in [-0.3, -0.25) is 0 Å². The molecule has 0 heterocycles. The molecule has 0 aliphatic carbocycles. The molecule has 0 aromatic heterocycles. The molecule has 1 unspecified atom stereocenters. The first-order chi connectivity index (χ1) is 10.6. The van der Waals surface area contributed by atoms with Gasteiger partial charge in [0.15, 0.2) is 6.23 Å². The third-order valence-electron chi connectivity index (χ3n) is 3.32. The fourth-order valence-electron chi connectivity index (χ4n) is 2.27. The van der Waals surface area contributed by atoms with Gasteiger partial charge in [-0.2, -0.15) is 0 Å². The lowest BCUT2D eigenvalue weighted by molar-refractivity contribution is 0.0645. The van der Waals surface area contributed by atoms with Crippen LogP contribution in [-0.2, 0) is 4.74 Å². The summed E-state index contributed by atoms with van der Waals surface area (Å²) in [6.45, 7) is 6.61. The number of carbonyl (C=O) groups excluding carboxylic acids is 1. The number of nitrogens with zero attached hydrogens (tertiary/aromatic N) is 1. The number of carbonyl (C=O) groups is 1. The summed E-state index contributed by atoms with van der Waals surface area (Å²) in [6.07, 6.45) is -1.12. The minimum atomic E-state index is -0.704. The van der Waals surface area contributed by atoms with Gasteiger partial charge in [-0.15, -0.1) is 0 Å². The van der Waals surface area contributed by atoms with Crippen molar-refractivity contribution in [3.8, 4) is 5.75 Å². The summed E-state index contributed by atoms with van der Waals surface area (Å²) >= 11 is 0. The van der Waals surface area contributed by atoms with Gasteiger partial charge >= 0.3 is 6.16 Å². The highest BCUT2D eigenvalue weighted by atomic mass is 16.7. The molecule has 2 rings (SSSR count). The van der Waals surface area contributed by atoms with E-state index in [4.69, 9.17) is 9.47 Å². The topological polar surface area (TPSA) is 38.8 Å². The lowest BCUT2D eigenvalue weighted by atomic mass is 10.2. The maximum atomic E-state index is 11.9. The zero-order chi connectivity index (χ0) is 15.9. The SMILES string of the molecule is CCN(c1cccc(C)c1)C(C)OC(=O)Oc1ccccc1. The molecule has 4 nitrogen and oxygen atoms in total. The first-order valence-electron chi connectivity index (χ1n) is 7.37. The Bertz CT molecular complexity index is 613. The fraction of sp³-hybridized carbons (Fsp3) is 0.278. The van der Waals surface area contributed by atoms with Crippen molar-refractivity contribution in [2.24, 2.45) is 0 Å². The number of ether oxygens (including phenoxy) is 2. The van der Waals surface area contributed by atoms with Crippen molar-refractivity contribution < 1.29 is 14.3 Å². The van der Waals surface area contributed by atoms with E-state index in [1.54, 1.807) is 24.3 Å². The standard InChI is InChI=1S/C18H21NO3/c1-4-19(16-10-8-9-14(2)13-16)15(3)21-18(20)22-17-11-6-5-7-12-17/h5-13,15H,4H2,1-3H3. The van der Waals surface area contributed by atoms with E-state index in [2.05, 4.69) is 6.07 Å². The van der Waals surface area contributed by atoms with E-state index in [0.717, 1.165) is 17.8 Å². The van der Waals surface area contributed by atoms with Crippen LogP contribution in [0.15, 0.2) is 54.6 Å². The van der Waals surface area contributed by atoms with Gasteiger partial charge in [-0.25, -0.2) is 4.79 Å². The first-order valence-corrected chi connectivity index (χ1v) is 7.37. The Labute approximate surface area is 131 Å². The molecule has 0 aliphatic heterocycles. The minimum absolute atomic E-state index is 0.414. The average molecular weight is 299 g/mol. The van der Waals surface area contributed by atoms with Gasteiger partial charge in [0.25, 0.3) is 0 Å². The molecule has 0 saturated carbocycles. The molecule has 4 heteroatoms. The van der Waals surface area contributed by atoms with Crippen molar-refractivity contribution in [3.05, 3.63) is 60.2 Å². The van der Waals surface area contributed by atoms with E-state index < -0.39 is 12.4 Å². The molecule has 0 amide bonds. The number of anilines is 1. The second-order valence-corrected chi connectivity index (χ2v) is 5.01. The molecule has 116 valence electrons. The lowest BCUT2D eigenvalue weighted by Gasteiger charge is -2.29. The number of hydrogen-bond acceptors (Lipinski definition) is 4. The number of benzene rings is 2. The van der Waals surface area contributed by atoms with Crippen LogP contribution in [-0.4, -0.2) is 18.9 Å². The van der Waals surface area contributed by atoms with Gasteiger partial charge in [-0.05, 0) is 50.6 Å². The lowest BCUT2D eigenvalue weighted by Crippen LogP contribution is -2.37. The summed E-state index contributed by atoms with van der Waals surface area (Å²) in [4.78, 5) is 13.9. The van der Waals surface area contributed by atoms with Crippen molar-refractivity contribution in [2.45, 2.75) is 27.0 Å². The zero-order valence-electron chi connectivity index (χ0n) is 13.2. The molecular formula is C18H21NO3. The van der Waals surface area contributed by atoms with Crippen molar-refractivity contribution in [1.82, 2.24) is 0 Å². The van der Waals surface area contributed by atoms with Gasteiger partial charge in [-0.1, -0.05) is 30.3 Å². The van der Waals surface area contributed by atoms with Crippen LogP contribution in [0.2, 0.25) is 0 Å². The molecule has 2 aromatic carbocycles. The van der Waals surface area contributed by atoms with Crippen LogP contribution in [0.1, 0.15) is 19.4 Å². The van der Waals surface area contributed by atoms with Crippen LogP contribution in [0.4, 0.5) is 10.5 Å². The normalized spacial score (nSPS) is 11.6. The highest BCUT2D eigenvalue weighted by molar-refractivity contribution is 5.64. The Morgan fingerprint density at radius 3 is 2.50 bits per heavy atom. The van der Waals surface area contributed by atoms with Gasteiger partial charge in [0.05, 0.1) is 0 Å². The van der Waals surface area contributed by atoms with E-state index in [9.17, 15) is 4.79 Å². The molecule has 0 bridgehead atoms. The van der Waals surface area contributed by atoms with Gasteiger partial charge in [0.1, 0.15) is 5.75 Å². The smallest absolute Gasteiger partial charge is 0.410 e. The molecule has 2 aromatic rings. The first kappa shape index (κ1) is 15.9. The predicted octanol–water partition coefficient (Wildman–Crippen LogP) is 4.38. The number of rotatable bonds is 5. The summed E-state index contributed by atoms with van der Waals surface area (Å²) in [6, 6.07) is 17.0. The zero-order valence-corrected chi connectivity index (χ0v) is 13.2. The van der Waals surface area contributed by atoms with Crippen molar-refractivity contribution in [1.29, 1.82) is 0 Å². The Morgan fingerprint density at radius 2 is 1.86 bits per heavy atom. The van der Waals surface area contributed by atoms with E-state index in [1.165, 1.54) is 0 Å². The van der Waals surface area contributed by atoms with Gasteiger partial charge in [0.2, 0.25) is 0 Å². The maximum absolute atomic E-state index is 11.9. The molecule has 1 atom stereocenters. The summed E-state index contributed by atoms with van der Waals surface area (Å²) in [7, 11) is 0. The average Bonchev–Trinajstić information content (AvgIpc) is 2.49. The summed E-state index contributed by atoms with van der Waals surface area (Å²) in [5.41, 5.74) is 2.18. The van der Waals surface area contributed by atoms with Crippen LogP contribution >= 0.6 is 0 Å². The van der Waals surface area contributed by atoms with Crippen molar-refractivity contribution in [3.63, 3.8) is 0 Å². The maximum Gasteiger partial charge on any atom is 0.515 e. The number of para-hydroxylation sites is 1. The second kappa shape index (κ2) is 7.50. The molecule has 0 radical (unpaired) electrons. The molecule has 0 saturated heterocycles. The second-order valence-electron chi connectivity index (χ2n) is 5.01. The Hall–Kier alpha value is -2.49. The summed E-state index contributed by atoms with van der Waals surface area (Å²) in [5.74, 6) is 0.471. The fourth-order valence-corrected chi connectivity index (χ4v) is 2.27. The Kier molecular flexibility index (Phi) is 5.42. The minimum Gasteiger partial charge on any atom is -0.410 e. The monoisotopic (exact) mass is 299 g/mol. The van der Waals surface area contributed by atoms with Crippen LogP contribution < -0.4 is 9.64 Å².